The van der Waals surface area contributed by atoms with Crippen LogP contribution in [-0.2, 0) is 0 Å². The largest absolute Gasteiger partial charge is 0.503 e. The molecule has 5 nitrogen and oxygen atoms in total. The number of carbonyl (C=O) groups excluding carboxylic acids is 1. The van der Waals surface area contributed by atoms with Crippen LogP contribution in [0.5, 0.6) is 11.5 Å². The van der Waals surface area contributed by atoms with Gasteiger partial charge in [-0.25, -0.2) is 4.98 Å². The SMILES string of the molecule is CCCCCCCCCCNC(=O)c1nccc(OC)c1O. The Kier molecular flexibility index (Phi) is 9.03. The number of aromatic hydroxyl groups is 1. The molecule has 1 aromatic heterocycles. The molecule has 1 amide bonds. The molecular weight excluding hydrogens is 280 g/mol. The zero-order chi connectivity index (χ0) is 16.2. The third kappa shape index (κ3) is 6.33. The summed E-state index contributed by atoms with van der Waals surface area (Å²) in [5.41, 5.74) is 0.0129. The average molecular weight is 308 g/mol. The van der Waals surface area contributed by atoms with Crippen LogP contribution in [0.1, 0.15) is 68.8 Å². The maximum absolute atomic E-state index is 12.0. The van der Waals surface area contributed by atoms with Gasteiger partial charge < -0.3 is 15.2 Å². The standard InChI is InChI=1S/C17H28N2O3/c1-3-4-5-6-7-8-9-10-12-19-17(21)15-16(20)14(22-2)11-13-18-15/h11,13,20H,3-10,12H2,1-2H3,(H,19,21). The zero-order valence-corrected chi connectivity index (χ0v) is 13.7. The Labute approximate surface area is 133 Å². The van der Waals surface area contributed by atoms with Crippen LogP contribution in [0.2, 0.25) is 0 Å². The van der Waals surface area contributed by atoms with Gasteiger partial charge in [0.25, 0.3) is 5.91 Å². The van der Waals surface area contributed by atoms with Crippen LogP contribution < -0.4 is 10.1 Å². The highest BCUT2D eigenvalue weighted by Gasteiger charge is 2.15. The highest BCUT2D eigenvalue weighted by Crippen LogP contribution is 2.27. The maximum Gasteiger partial charge on any atom is 0.273 e. The van der Waals surface area contributed by atoms with E-state index in [1.807, 2.05) is 0 Å². The highest BCUT2D eigenvalue weighted by atomic mass is 16.5. The summed E-state index contributed by atoms with van der Waals surface area (Å²) in [7, 11) is 1.44. The fourth-order valence-electron chi connectivity index (χ4n) is 2.31. The molecule has 0 spiro atoms. The van der Waals surface area contributed by atoms with Gasteiger partial charge >= 0.3 is 0 Å². The van der Waals surface area contributed by atoms with Crippen molar-refractivity contribution >= 4 is 5.91 Å². The smallest absolute Gasteiger partial charge is 0.273 e. The predicted octanol–water partition coefficient (Wildman–Crippen LogP) is 3.67. The van der Waals surface area contributed by atoms with Crippen LogP contribution in [0.4, 0.5) is 0 Å². The van der Waals surface area contributed by atoms with E-state index in [2.05, 4.69) is 17.2 Å². The summed E-state index contributed by atoms with van der Waals surface area (Å²) >= 11 is 0. The van der Waals surface area contributed by atoms with Crippen molar-refractivity contribution in [3.8, 4) is 11.5 Å². The van der Waals surface area contributed by atoms with Gasteiger partial charge in [-0.3, -0.25) is 4.79 Å². The molecule has 0 fully saturated rings. The summed E-state index contributed by atoms with van der Waals surface area (Å²) in [5.74, 6) is -0.315. The predicted molar refractivity (Wildman–Crippen MR) is 87.4 cm³/mol. The minimum atomic E-state index is -0.362. The third-order valence-corrected chi connectivity index (χ3v) is 3.64. The first kappa shape index (κ1) is 18.3. The molecule has 0 aliphatic heterocycles. The molecule has 0 saturated carbocycles. The van der Waals surface area contributed by atoms with Gasteiger partial charge in [0.05, 0.1) is 7.11 Å². The molecule has 0 aromatic carbocycles. The highest BCUT2D eigenvalue weighted by molar-refractivity contribution is 5.95. The van der Waals surface area contributed by atoms with Gasteiger partial charge in [0.2, 0.25) is 0 Å². The topological polar surface area (TPSA) is 71.5 Å². The summed E-state index contributed by atoms with van der Waals surface area (Å²) in [5, 5.41) is 12.6. The van der Waals surface area contributed by atoms with Crippen molar-refractivity contribution in [2.45, 2.75) is 58.3 Å². The molecule has 124 valence electrons. The van der Waals surface area contributed by atoms with E-state index >= 15 is 0 Å². The van der Waals surface area contributed by atoms with Gasteiger partial charge in [-0.15, -0.1) is 0 Å². The molecule has 0 unspecified atom stereocenters. The second-order valence-corrected chi connectivity index (χ2v) is 5.44. The van der Waals surface area contributed by atoms with Crippen LogP contribution in [-0.4, -0.2) is 29.7 Å². The third-order valence-electron chi connectivity index (χ3n) is 3.64. The second kappa shape index (κ2) is 10.9. The van der Waals surface area contributed by atoms with E-state index in [0.717, 1.165) is 12.8 Å². The molecule has 22 heavy (non-hydrogen) atoms. The van der Waals surface area contributed by atoms with E-state index in [9.17, 15) is 9.90 Å². The van der Waals surface area contributed by atoms with Gasteiger partial charge in [0.1, 0.15) is 0 Å². The summed E-state index contributed by atoms with van der Waals surface area (Å²) in [4.78, 5) is 15.9. The van der Waals surface area contributed by atoms with E-state index < -0.39 is 0 Å². The summed E-state index contributed by atoms with van der Waals surface area (Å²) in [6, 6.07) is 1.52. The number of hydrogen-bond donors (Lipinski definition) is 2. The van der Waals surface area contributed by atoms with Gasteiger partial charge in [0, 0.05) is 18.8 Å². The second-order valence-electron chi connectivity index (χ2n) is 5.44. The zero-order valence-electron chi connectivity index (χ0n) is 13.7. The monoisotopic (exact) mass is 308 g/mol. The number of ether oxygens (including phenoxy) is 1. The van der Waals surface area contributed by atoms with E-state index in [0.29, 0.717) is 6.54 Å². The van der Waals surface area contributed by atoms with Crippen LogP contribution in [0.3, 0.4) is 0 Å². The molecular formula is C17H28N2O3. The van der Waals surface area contributed by atoms with Crippen LogP contribution in [0.25, 0.3) is 0 Å². The number of pyridine rings is 1. The normalized spacial score (nSPS) is 10.5. The van der Waals surface area contributed by atoms with Crippen molar-refractivity contribution in [1.29, 1.82) is 0 Å². The van der Waals surface area contributed by atoms with Crippen molar-refractivity contribution < 1.29 is 14.6 Å². The Hall–Kier alpha value is -1.78. The summed E-state index contributed by atoms with van der Waals surface area (Å²) < 4.78 is 4.96. The molecule has 5 heteroatoms. The first-order valence-corrected chi connectivity index (χ1v) is 8.20. The molecule has 0 atom stereocenters. The van der Waals surface area contributed by atoms with Crippen LogP contribution in [0, 0.1) is 0 Å². The summed E-state index contributed by atoms with van der Waals surface area (Å²) in [6.45, 7) is 2.82. The molecule has 1 aromatic rings. The van der Waals surface area contributed by atoms with Gasteiger partial charge in [-0.05, 0) is 6.42 Å². The van der Waals surface area contributed by atoms with Gasteiger partial charge in [-0.2, -0.15) is 0 Å². The van der Waals surface area contributed by atoms with E-state index in [-0.39, 0.29) is 23.1 Å². The van der Waals surface area contributed by atoms with Crippen LogP contribution >= 0.6 is 0 Å². The molecule has 0 aliphatic rings. The maximum atomic E-state index is 12.0. The van der Waals surface area contributed by atoms with E-state index in [4.69, 9.17) is 4.74 Å². The van der Waals surface area contributed by atoms with Gasteiger partial charge in [-0.1, -0.05) is 51.9 Å². The quantitative estimate of drug-likeness (QED) is 0.612. The Balaban J connectivity index is 2.19. The minimum Gasteiger partial charge on any atom is -0.503 e. The molecule has 1 heterocycles. The lowest BCUT2D eigenvalue weighted by Gasteiger charge is -2.08. The Morgan fingerprint density at radius 2 is 1.82 bits per heavy atom. The number of hydrogen-bond acceptors (Lipinski definition) is 4. The van der Waals surface area contributed by atoms with Crippen LogP contribution in [0.15, 0.2) is 12.3 Å². The van der Waals surface area contributed by atoms with Crippen molar-refractivity contribution in [3.05, 3.63) is 18.0 Å². The lowest BCUT2D eigenvalue weighted by atomic mass is 10.1. The van der Waals surface area contributed by atoms with Crippen molar-refractivity contribution in [1.82, 2.24) is 10.3 Å². The molecule has 0 radical (unpaired) electrons. The number of carbonyl (C=O) groups is 1. The molecule has 2 N–H and O–H groups in total. The number of rotatable bonds is 11. The van der Waals surface area contributed by atoms with Crippen molar-refractivity contribution in [2.24, 2.45) is 0 Å². The first-order valence-electron chi connectivity index (χ1n) is 8.20. The number of nitrogens with zero attached hydrogens (tertiary/aromatic N) is 1. The summed E-state index contributed by atoms with van der Waals surface area (Å²) in [6.07, 6.45) is 11.2. The van der Waals surface area contributed by atoms with Crippen molar-refractivity contribution in [2.75, 3.05) is 13.7 Å². The fraction of sp³-hybridized carbons (Fsp3) is 0.647. The number of methoxy groups -OCH3 is 1. The Morgan fingerprint density at radius 3 is 2.45 bits per heavy atom. The lowest BCUT2D eigenvalue weighted by Crippen LogP contribution is -2.25. The number of unbranched alkanes of at least 4 members (excludes halogenated alkanes) is 7. The first-order chi connectivity index (χ1) is 10.7. The number of amides is 1. The Morgan fingerprint density at radius 1 is 1.18 bits per heavy atom. The fourth-order valence-corrected chi connectivity index (χ4v) is 2.31. The minimum absolute atomic E-state index is 0.0129. The van der Waals surface area contributed by atoms with E-state index in [1.54, 1.807) is 0 Å². The molecule has 1 rings (SSSR count). The average Bonchev–Trinajstić information content (AvgIpc) is 2.53. The lowest BCUT2D eigenvalue weighted by molar-refractivity contribution is 0.0944. The Bertz CT molecular complexity index is 450. The van der Waals surface area contributed by atoms with Crippen molar-refractivity contribution in [3.63, 3.8) is 0 Å². The molecule has 0 aliphatic carbocycles. The number of aromatic nitrogens is 1. The molecule has 0 saturated heterocycles. The number of nitrogens with one attached hydrogen (secondary N) is 1. The van der Waals surface area contributed by atoms with E-state index in [1.165, 1.54) is 57.9 Å². The molecule has 0 bridgehead atoms. The van der Waals surface area contributed by atoms with Gasteiger partial charge in [0.15, 0.2) is 17.2 Å².